The number of benzene rings is 3. The average Bonchev–Trinajstić information content (AvgIpc) is 3.49. The van der Waals surface area contributed by atoms with Crippen molar-refractivity contribution in [3.05, 3.63) is 100 Å². The molecule has 6 rings (SSSR count). The van der Waals surface area contributed by atoms with Gasteiger partial charge in [0.2, 0.25) is 0 Å². The monoisotopic (exact) mass is 511 g/mol. The Hall–Kier alpha value is -3.52. The minimum Gasteiger partial charge on any atom is -0.497 e. The predicted octanol–water partition coefficient (Wildman–Crippen LogP) is 6.84. The number of thiazole rings is 1. The van der Waals surface area contributed by atoms with Gasteiger partial charge in [-0.2, -0.15) is 0 Å². The van der Waals surface area contributed by atoms with Crippen molar-refractivity contribution in [2.75, 3.05) is 19.0 Å². The highest BCUT2D eigenvalue weighted by Gasteiger charge is 2.28. The van der Waals surface area contributed by atoms with Crippen LogP contribution >= 0.6 is 22.7 Å². The van der Waals surface area contributed by atoms with Crippen molar-refractivity contribution in [2.24, 2.45) is 0 Å². The summed E-state index contributed by atoms with van der Waals surface area (Å²) in [4.78, 5) is 22.0. The zero-order chi connectivity index (χ0) is 24.5. The van der Waals surface area contributed by atoms with Crippen molar-refractivity contribution < 1.29 is 9.53 Å². The first-order valence-corrected chi connectivity index (χ1v) is 13.5. The third kappa shape index (κ3) is 4.53. The van der Waals surface area contributed by atoms with Gasteiger partial charge in [-0.25, -0.2) is 4.98 Å². The molecule has 0 aliphatic carbocycles. The number of amides is 1. The quantitative estimate of drug-likeness (QED) is 0.271. The maximum Gasteiger partial charge on any atom is 0.256 e. The standard InChI is InChI=1S/C29H25N3O2S2/c1-34-21-13-11-20(12-14-21)27(33)31-29-26(28-30-23-9-5-6-10-24(23)35-28)22-15-16-32(18-25(22)36-29)17-19-7-3-2-4-8-19/h2-14H,15-18H2,1H3,(H,31,33). The first kappa shape index (κ1) is 22.9. The molecule has 0 fully saturated rings. The number of hydrogen-bond acceptors (Lipinski definition) is 6. The Labute approximate surface area is 218 Å². The van der Waals surface area contributed by atoms with Gasteiger partial charge in [0.1, 0.15) is 15.8 Å². The van der Waals surface area contributed by atoms with Crippen molar-refractivity contribution in [1.29, 1.82) is 0 Å². The van der Waals surface area contributed by atoms with Crippen LogP contribution in [0.4, 0.5) is 5.00 Å². The molecule has 1 N–H and O–H groups in total. The average molecular weight is 512 g/mol. The first-order chi connectivity index (χ1) is 17.7. The van der Waals surface area contributed by atoms with Crippen LogP contribution in [0.3, 0.4) is 0 Å². The van der Waals surface area contributed by atoms with Gasteiger partial charge in [0.15, 0.2) is 0 Å². The first-order valence-electron chi connectivity index (χ1n) is 11.9. The van der Waals surface area contributed by atoms with Gasteiger partial charge in [0.25, 0.3) is 5.91 Å². The molecule has 1 amide bonds. The Morgan fingerprint density at radius 3 is 2.56 bits per heavy atom. The highest BCUT2D eigenvalue weighted by atomic mass is 32.1. The number of methoxy groups -OCH3 is 1. The molecule has 7 heteroatoms. The lowest BCUT2D eigenvalue weighted by Crippen LogP contribution is -2.29. The van der Waals surface area contributed by atoms with E-state index in [1.165, 1.54) is 16.0 Å². The van der Waals surface area contributed by atoms with Crippen molar-refractivity contribution in [1.82, 2.24) is 9.88 Å². The molecule has 0 atom stereocenters. The summed E-state index contributed by atoms with van der Waals surface area (Å²) in [6.45, 7) is 2.76. The van der Waals surface area contributed by atoms with Crippen molar-refractivity contribution in [2.45, 2.75) is 19.5 Å². The molecule has 0 unspecified atom stereocenters. The molecule has 0 spiro atoms. The molecule has 3 aromatic carbocycles. The molecule has 180 valence electrons. The SMILES string of the molecule is COc1ccc(C(=O)Nc2sc3c(c2-c2nc4ccccc4s2)CCN(Cc2ccccc2)C3)cc1. The molecule has 3 heterocycles. The molecule has 36 heavy (non-hydrogen) atoms. The molecule has 1 aliphatic heterocycles. The van der Waals surface area contributed by atoms with Gasteiger partial charge in [-0.05, 0) is 53.9 Å². The second-order valence-electron chi connectivity index (χ2n) is 8.82. The van der Waals surface area contributed by atoms with E-state index in [-0.39, 0.29) is 5.91 Å². The topological polar surface area (TPSA) is 54.5 Å². The Morgan fingerprint density at radius 1 is 1.00 bits per heavy atom. The number of fused-ring (bicyclic) bond motifs is 2. The second-order valence-corrected chi connectivity index (χ2v) is 11.0. The highest BCUT2D eigenvalue weighted by molar-refractivity contribution is 7.23. The van der Waals surface area contributed by atoms with E-state index in [2.05, 4.69) is 46.6 Å². The minimum atomic E-state index is -0.125. The minimum absolute atomic E-state index is 0.125. The van der Waals surface area contributed by atoms with Gasteiger partial charge in [-0.15, -0.1) is 22.7 Å². The molecular formula is C29H25N3O2S2. The van der Waals surface area contributed by atoms with Gasteiger partial charge in [-0.1, -0.05) is 42.5 Å². The van der Waals surface area contributed by atoms with E-state index >= 15 is 0 Å². The number of rotatable bonds is 6. The lowest BCUT2D eigenvalue weighted by atomic mass is 10.0. The fourth-order valence-electron chi connectivity index (χ4n) is 4.64. The number of ether oxygens (including phenoxy) is 1. The number of aromatic nitrogens is 1. The number of nitrogens with one attached hydrogen (secondary N) is 1. The van der Waals surface area contributed by atoms with Crippen LogP contribution in [0.5, 0.6) is 5.75 Å². The number of para-hydroxylation sites is 1. The number of hydrogen-bond donors (Lipinski definition) is 1. The Bertz CT molecular complexity index is 1490. The van der Waals surface area contributed by atoms with E-state index in [1.807, 2.05) is 30.3 Å². The van der Waals surface area contributed by atoms with Gasteiger partial charge in [-0.3, -0.25) is 9.69 Å². The van der Waals surface area contributed by atoms with Crippen LogP contribution in [0.1, 0.15) is 26.4 Å². The number of nitrogens with zero attached hydrogens (tertiary/aromatic N) is 2. The smallest absolute Gasteiger partial charge is 0.256 e. The van der Waals surface area contributed by atoms with E-state index in [9.17, 15) is 4.79 Å². The van der Waals surface area contributed by atoms with Crippen LogP contribution in [0.15, 0.2) is 78.9 Å². The molecule has 0 radical (unpaired) electrons. The maximum absolute atomic E-state index is 13.2. The zero-order valence-electron chi connectivity index (χ0n) is 19.9. The summed E-state index contributed by atoms with van der Waals surface area (Å²) in [6.07, 6.45) is 0.933. The molecule has 0 bridgehead atoms. The number of anilines is 1. The van der Waals surface area contributed by atoms with Crippen molar-refractivity contribution in [3.8, 4) is 16.3 Å². The zero-order valence-corrected chi connectivity index (χ0v) is 21.5. The lowest BCUT2D eigenvalue weighted by molar-refractivity contribution is 0.102. The van der Waals surface area contributed by atoms with Gasteiger partial charge < -0.3 is 10.1 Å². The third-order valence-corrected chi connectivity index (χ3v) is 8.66. The molecular weight excluding hydrogens is 486 g/mol. The number of carbonyl (C=O) groups is 1. The van der Waals surface area contributed by atoms with Crippen molar-refractivity contribution >= 4 is 43.8 Å². The van der Waals surface area contributed by atoms with Gasteiger partial charge in [0.05, 0.1) is 17.3 Å². The molecule has 5 aromatic rings. The summed E-state index contributed by atoms with van der Waals surface area (Å²) in [7, 11) is 1.62. The highest BCUT2D eigenvalue weighted by Crippen LogP contribution is 2.46. The van der Waals surface area contributed by atoms with Crippen molar-refractivity contribution in [3.63, 3.8) is 0 Å². The summed E-state index contributed by atoms with van der Waals surface area (Å²) >= 11 is 3.37. The summed E-state index contributed by atoms with van der Waals surface area (Å²) in [5.74, 6) is 0.603. The van der Waals surface area contributed by atoms with E-state index in [0.717, 1.165) is 57.6 Å². The number of thiophene rings is 1. The van der Waals surface area contributed by atoms with Crippen LogP contribution in [0.25, 0.3) is 20.8 Å². The molecule has 5 nitrogen and oxygen atoms in total. The molecule has 0 saturated carbocycles. The van der Waals surface area contributed by atoms with E-state index in [4.69, 9.17) is 9.72 Å². The largest absolute Gasteiger partial charge is 0.497 e. The Balaban J connectivity index is 1.35. The van der Waals surface area contributed by atoms with Crippen LogP contribution in [0.2, 0.25) is 0 Å². The summed E-state index contributed by atoms with van der Waals surface area (Å²) in [5.41, 5.74) is 5.30. The lowest BCUT2D eigenvalue weighted by Gasteiger charge is -2.27. The molecule has 0 saturated heterocycles. The van der Waals surface area contributed by atoms with Gasteiger partial charge in [0, 0.05) is 35.6 Å². The fourth-order valence-corrected chi connectivity index (χ4v) is 7.04. The summed E-state index contributed by atoms with van der Waals surface area (Å²) in [6, 6.07) is 26.0. The Morgan fingerprint density at radius 2 is 1.78 bits per heavy atom. The van der Waals surface area contributed by atoms with E-state index in [0.29, 0.717) is 5.56 Å². The molecule has 1 aliphatic rings. The predicted molar refractivity (Wildman–Crippen MR) is 148 cm³/mol. The van der Waals surface area contributed by atoms with Crippen LogP contribution in [-0.2, 0) is 19.5 Å². The molecule has 2 aromatic heterocycles. The van der Waals surface area contributed by atoms with Crippen LogP contribution in [0, 0.1) is 0 Å². The van der Waals surface area contributed by atoms with E-state index < -0.39 is 0 Å². The maximum atomic E-state index is 13.2. The summed E-state index contributed by atoms with van der Waals surface area (Å²) in [5, 5.41) is 5.06. The van der Waals surface area contributed by atoms with Crippen LogP contribution in [-0.4, -0.2) is 29.4 Å². The normalized spacial score (nSPS) is 13.5. The van der Waals surface area contributed by atoms with Crippen LogP contribution < -0.4 is 10.1 Å². The Kier molecular flexibility index (Phi) is 6.27. The summed E-state index contributed by atoms with van der Waals surface area (Å²) < 4.78 is 6.39. The number of carbonyl (C=O) groups excluding carboxylic acids is 1. The van der Waals surface area contributed by atoms with E-state index in [1.54, 1.807) is 41.9 Å². The van der Waals surface area contributed by atoms with Gasteiger partial charge >= 0.3 is 0 Å². The third-order valence-electron chi connectivity index (χ3n) is 6.47. The second kappa shape index (κ2) is 9.85. The fraction of sp³-hybridized carbons (Fsp3) is 0.172.